The van der Waals surface area contributed by atoms with Crippen LogP contribution in [-0.2, 0) is 11.2 Å². The number of benzene rings is 2. The zero-order chi connectivity index (χ0) is 18.2. The Balaban J connectivity index is 1.75. The molecule has 0 saturated carbocycles. The van der Waals surface area contributed by atoms with Crippen LogP contribution in [0.1, 0.15) is 18.9 Å². The molecule has 4 nitrogen and oxygen atoms in total. The van der Waals surface area contributed by atoms with E-state index in [1.165, 1.54) is 0 Å². The van der Waals surface area contributed by atoms with Crippen molar-refractivity contribution in [2.75, 3.05) is 13.7 Å². The Hall–Kier alpha value is -1.91. The minimum absolute atomic E-state index is 0.0678. The Labute approximate surface area is 158 Å². The minimum atomic E-state index is -0.115. The predicted octanol–water partition coefficient (Wildman–Crippen LogP) is 4.52. The van der Waals surface area contributed by atoms with E-state index in [1.807, 2.05) is 31.2 Å². The van der Waals surface area contributed by atoms with Crippen molar-refractivity contribution < 1.29 is 14.3 Å². The molecule has 0 heterocycles. The average Bonchev–Trinajstić information content (AvgIpc) is 2.60. The lowest BCUT2D eigenvalue weighted by atomic mass is 10.1. The molecule has 0 aliphatic rings. The fraction of sp³-hybridized carbons (Fsp3) is 0.316. The standard InChI is InChI=1S/C19H21Cl2NO3/c1-13(12-25-15-8-6-14(24-2)7-9-15)22-19(23)11-10-16-17(20)4-3-5-18(16)21/h3-9,13H,10-12H2,1-2H3,(H,22,23). The maximum atomic E-state index is 12.1. The van der Waals surface area contributed by atoms with Gasteiger partial charge in [0.2, 0.25) is 5.91 Å². The van der Waals surface area contributed by atoms with Crippen molar-refractivity contribution in [2.24, 2.45) is 0 Å². The third kappa shape index (κ3) is 6.15. The number of rotatable bonds is 8. The molecule has 2 aromatic carbocycles. The summed E-state index contributed by atoms with van der Waals surface area (Å²) >= 11 is 12.2. The molecule has 134 valence electrons. The summed E-state index contributed by atoms with van der Waals surface area (Å²) < 4.78 is 10.8. The monoisotopic (exact) mass is 381 g/mol. The van der Waals surface area contributed by atoms with Crippen LogP contribution in [0.15, 0.2) is 42.5 Å². The van der Waals surface area contributed by atoms with Crippen LogP contribution in [0.4, 0.5) is 0 Å². The number of ether oxygens (including phenoxy) is 2. The Morgan fingerprint density at radius 2 is 1.68 bits per heavy atom. The molecule has 25 heavy (non-hydrogen) atoms. The summed E-state index contributed by atoms with van der Waals surface area (Å²) in [5.74, 6) is 1.43. The number of nitrogens with one attached hydrogen (secondary N) is 1. The van der Waals surface area contributed by atoms with Crippen LogP contribution in [0.25, 0.3) is 0 Å². The largest absolute Gasteiger partial charge is 0.497 e. The molecule has 1 unspecified atom stereocenters. The van der Waals surface area contributed by atoms with E-state index >= 15 is 0 Å². The van der Waals surface area contributed by atoms with Gasteiger partial charge in [-0.15, -0.1) is 0 Å². The first-order chi connectivity index (χ1) is 12.0. The molecule has 2 rings (SSSR count). The second kappa shape index (κ2) is 9.54. The van der Waals surface area contributed by atoms with Crippen molar-refractivity contribution in [1.29, 1.82) is 0 Å². The summed E-state index contributed by atoms with van der Waals surface area (Å²) in [6.45, 7) is 2.27. The quantitative estimate of drug-likeness (QED) is 0.730. The van der Waals surface area contributed by atoms with Crippen molar-refractivity contribution >= 4 is 29.1 Å². The molecule has 0 spiro atoms. The molecule has 1 atom stereocenters. The van der Waals surface area contributed by atoms with Gasteiger partial charge in [-0.2, -0.15) is 0 Å². The fourth-order valence-corrected chi connectivity index (χ4v) is 2.88. The number of methoxy groups -OCH3 is 1. The molecule has 2 aromatic rings. The number of halogens is 2. The second-order valence-electron chi connectivity index (χ2n) is 5.66. The highest BCUT2D eigenvalue weighted by atomic mass is 35.5. The van der Waals surface area contributed by atoms with Crippen LogP contribution >= 0.6 is 23.2 Å². The van der Waals surface area contributed by atoms with E-state index < -0.39 is 0 Å². The third-order valence-corrected chi connectivity index (χ3v) is 4.34. The topological polar surface area (TPSA) is 47.6 Å². The fourth-order valence-electron chi connectivity index (χ4n) is 2.29. The van der Waals surface area contributed by atoms with Crippen molar-refractivity contribution in [3.05, 3.63) is 58.1 Å². The third-order valence-electron chi connectivity index (χ3n) is 3.63. The Bertz CT molecular complexity index is 684. The summed E-state index contributed by atoms with van der Waals surface area (Å²) in [6.07, 6.45) is 0.812. The van der Waals surface area contributed by atoms with E-state index in [1.54, 1.807) is 25.3 Å². The van der Waals surface area contributed by atoms with Gasteiger partial charge in [-0.25, -0.2) is 0 Å². The van der Waals surface area contributed by atoms with Crippen molar-refractivity contribution in [2.45, 2.75) is 25.8 Å². The number of carbonyl (C=O) groups is 1. The minimum Gasteiger partial charge on any atom is -0.497 e. The zero-order valence-corrected chi connectivity index (χ0v) is 15.7. The lowest BCUT2D eigenvalue weighted by molar-refractivity contribution is -0.121. The normalized spacial score (nSPS) is 11.7. The summed E-state index contributed by atoms with van der Waals surface area (Å²) in [6, 6.07) is 12.5. The van der Waals surface area contributed by atoms with Gasteiger partial charge in [0, 0.05) is 16.5 Å². The summed E-state index contributed by atoms with van der Waals surface area (Å²) in [7, 11) is 1.61. The van der Waals surface area contributed by atoms with E-state index in [0.717, 1.165) is 17.1 Å². The van der Waals surface area contributed by atoms with Gasteiger partial charge < -0.3 is 14.8 Å². The molecule has 0 aliphatic carbocycles. The first kappa shape index (κ1) is 19.4. The van der Waals surface area contributed by atoms with E-state index in [9.17, 15) is 4.79 Å². The molecule has 1 N–H and O–H groups in total. The summed E-state index contributed by atoms with van der Waals surface area (Å²) in [4.78, 5) is 12.1. The van der Waals surface area contributed by atoms with Crippen molar-refractivity contribution in [3.63, 3.8) is 0 Å². The summed E-state index contributed by atoms with van der Waals surface area (Å²) in [5, 5.41) is 4.07. The van der Waals surface area contributed by atoms with Crippen molar-refractivity contribution in [1.82, 2.24) is 5.32 Å². The number of hydrogen-bond acceptors (Lipinski definition) is 3. The number of amides is 1. The lowest BCUT2D eigenvalue weighted by Crippen LogP contribution is -2.36. The molecule has 1 amide bonds. The van der Waals surface area contributed by atoms with Crippen LogP contribution in [0.3, 0.4) is 0 Å². The molecule has 0 fully saturated rings. The van der Waals surface area contributed by atoms with Crippen LogP contribution in [0.5, 0.6) is 11.5 Å². The van der Waals surface area contributed by atoms with Gasteiger partial charge in [-0.1, -0.05) is 29.3 Å². The zero-order valence-electron chi connectivity index (χ0n) is 14.2. The molecule has 0 bridgehead atoms. The van der Waals surface area contributed by atoms with E-state index in [0.29, 0.717) is 29.5 Å². The van der Waals surface area contributed by atoms with Gasteiger partial charge in [0.25, 0.3) is 0 Å². The Morgan fingerprint density at radius 3 is 2.28 bits per heavy atom. The number of carbonyl (C=O) groups excluding carboxylic acids is 1. The van der Waals surface area contributed by atoms with E-state index in [2.05, 4.69) is 5.32 Å². The highest BCUT2D eigenvalue weighted by Crippen LogP contribution is 2.25. The van der Waals surface area contributed by atoms with Gasteiger partial charge >= 0.3 is 0 Å². The summed E-state index contributed by atoms with van der Waals surface area (Å²) in [5.41, 5.74) is 0.795. The average molecular weight is 382 g/mol. The lowest BCUT2D eigenvalue weighted by Gasteiger charge is -2.15. The first-order valence-corrected chi connectivity index (χ1v) is 8.74. The van der Waals surface area contributed by atoms with Gasteiger partial charge in [0.15, 0.2) is 0 Å². The molecule has 0 aliphatic heterocycles. The Morgan fingerprint density at radius 1 is 1.08 bits per heavy atom. The Kier molecular flexibility index (Phi) is 7.41. The SMILES string of the molecule is COc1ccc(OCC(C)NC(=O)CCc2c(Cl)cccc2Cl)cc1. The van der Waals surface area contributed by atoms with Gasteiger partial charge in [-0.05, 0) is 55.3 Å². The van der Waals surface area contributed by atoms with Crippen LogP contribution < -0.4 is 14.8 Å². The molecular formula is C19H21Cl2NO3. The van der Waals surface area contributed by atoms with Crippen LogP contribution in [-0.4, -0.2) is 25.7 Å². The second-order valence-corrected chi connectivity index (χ2v) is 6.47. The first-order valence-electron chi connectivity index (χ1n) is 7.98. The molecular weight excluding hydrogens is 361 g/mol. The molecule has 0 saturated heterocycles. The van der Waals surface area contributed by atoms with Crippen molar-refractivity contribution in [3.8, 4) is 11.5 Å². The van der Waals surface area contributed by atoms with Gasteiger partial charge in [0.05, 0.1) is 13.2 Å². The van der Waals surface area contributed by atoms with Crippen LogP contribution in [0, 0.1) is 0 Å². The smallest absolute Gasteiger partial charge is 0.220 e. The maximum absolute atomic E-state index is 12.1. The van der Waals surface area contributed by atoms with Crippen LogP contribution in [0.2, 0.25) is 10.0 Å². The maximum Gasteiger partial charge on any atom is 0.220 e. The molecule has 6 heteroatoms. The predicted molar refractivity (Wildman–Crippen MR) is 101 cm³/mol. The molecule has 0 radical (unpaired) electrons. The van der Waals surface area contributed by atoms with Gasteiger partial charge in [0.1, 0.15) is 18.1 Å². The van der Waals surface area contributed by atoms with Gasteiger partial charge in [-0.3, -0.25) is 4.79 Å². The highest BCUT2D eigenvalue weighted by Gasteiger charge is 2.11. The highest BCUT2D eigenvalue weighted by molar-refractivity contribution is 6.36. The van der Waals surface area contributed by atoms with E-state index in [4.69, 9.17) is 32.7 Å². The molecule has 0 aromatic heterocycles. The van der Waals surface area contributed by atoms with E-state index in [-0.39, 0.29) is 11.9 Å². The number of hydrogen-bond donors (Lipinski definition) is 1.